The van der Waals surface area contributed by atoms with Crippen molar-refractivity contribution in [2.75, 3.05) is 13.6 Å². The molecule has 1 heterocycles. The Kier molecular flexibility index (Phi) is 2.32. The Morgan fingerprint density at radius 3 is 2.67 bits per heavy atom. The van der Waals surface area contributed by atoms with E-state index in [4.69, 9.17) is 5.11 Å². The predicted octanol–water partition coefficient (Wildman–Crippen LogP) is 0.606. The van der Waals surface area contributed by atoms with E-state index >= 15 is 0 Å². The summed E-state index contributed by atoms with van der Waals surface area (Å²) in [6.07, 6.45) is 1.54. The lowest BCUT2D eigenvalue weighted by molar-refractivity contribution is -0.138. The minimum absolute atomic E-state index is 0.0180. The molecule has 1 aliphatic heterocycles. The highest BCUT2D eigenvalue weighted by Gasteiger charge is 2.52. The molecule has 2 fully saturated rings. The van der Waals surface area contributed by atoms with Gasteiger partial charge in [0.05, 0.1) is 12.0 Å². The average Bonchev–Trinajstić information content (AvgIpc) is 2.93. The molecule has 1 saturated carbocycles. The Hall–Kier alpha value is -1.26. The molecule has 1 aliphatic carbocycles. The summed E-state index contributed by atoms with van der Waals surface area (Å²) < 4.78 is 0. The molecule has 5 heteroatoms. The number of hydrogen-bond donors (Lipinski definition) is 1. The monoisotopic (exact) mass is 212 g/mol. The second kappa shape index (κ2) is 3.40. The number of nitrogens with zero attached hydrogens (tertiary/aromatic N) is 2. The van der Waals surface area contributed by atoms with Gasteiger partial charge in [-0.2, -0.15) is 0 Å². The van der Waals surface area contributed by atoms with Crippen LogP contribution in [-0.4, -0.2) is 52.6 Å². The zero-order valence-corrected chi connectivity index (χ0v) is 9.01. The maximum Gasteiger partial charge on any atom is 0.320 e. The third-order valence-corrected chi connectivity index (χ3v) is 3.45. The number of amides is 2. The summed E-state index contributed by atoms with van der Waals surface area (Å²) in [5.74, 6) is -1.12. The van der Waals surface area contributed by atoms with Crippen molar-refractivity contribution in [2.24, 2.45) is 5.92 Å². The van der Waals surface area contributed by atoms with Gasteiger partial charge in [-0.15, -0.1) is 0 Å². The van der Waals surface area contributed by atoms with Crippen molar-refractivity contribution in [3.8, 4) is 0 Å². The van der Waals surface area contributed by atoms with Crippen LogP contribution in [0, 0.1) is 5.92 Å². The van der Waals surface area contributed by atoms with Gasteiger partial charge in [0.1, 0.15) is 0 Å². The highest BCUT2D eigenvalue weighted by atomic mass is 16.4. The van der Waals surface area contributed by atoms with Gasteiger partial charge in [-0.05, 0) is 12.8 Å². The third-order valence-electron chi connectivity index (χ3n) is 3.45. The number of likely N-dealkylation sites (N-methyl/N-ethyl adjacent to an activating group) is 1. The number of carbonyl (C=O) groups excluding carboxylic acids is 1. The summed E-state index contributed by atoms with van der Waals surface area (Å²) in [7, 11) is 1.79. The van der Waals surface area contributed by atoms with Crippen LogP contribution >= 0.6 is 0 Å². The minimum Gasteiger partial charge on any atom is -0.481 e. The van der Waals surface area contributed by atoms with Crippen LogP contribution in [-0.2, 0) is 4.79 Å². The van der Waals surface area contributed by atoms with Gasteiger partial charge in [-0.25, -0.2) is 4.79 Å². The zero-order chi connectivity index (χ0) is 11.2. The van der Waals surface area contributed by atoms with E-state index in [2.05, 4.69) is 0 Å². The maximum atomic E-state index is 11.8. The SMILES string of the molecule is CCC1CN(C2CC2C(=O)O)C(=O)N1C. The molecule has 2 aliphatic rings. The van der Waals surface area contributed by atoms with Crippen molar-refractivity contribution in [1.82, 2.24) is 9.80 Å². The van der Waals surface area contributed by atoms with Gasteiger partial charge in [0.15, 0.2) is 0 Å². The molecule has 0 bridgehead atoms. The summed E-state index contributed by atoms with van der Waals surface area (Å²) in [4.78, 5) is 25.9. The first-order chi connectivity index (χ1) is 7.06. The summed E-state index contributed by atoms with van der Waals surface area (Å²) in [6.45, 7) is 2.72. The van der Waals surface area contributed by atoms with E-state index in [0.717, 1.165) is 6.42 Å². The highest BCUT2D eigenvalue weighted by Crippen LogP contribution is 2.38. The zero-order valence-electron chi connectivity index (χ0n) is 9.01. The van der Waals surface area contributed by atoms with E-state index < -0.39 is 5.97 Å². The van der Waals surface area contributed by atoms with Crippen molar-refractivity contribution in [2.45, 2.75) is 31.8 Å². The number of carboxylic acids is 1. The van der Waals surface area contributed by atoms with Crippen LogP contribution in [0.1, 0.15) is 19.8 Å². The van der Waals surface area contributed by atoms with Crippen molar-refractivity contribution in [1.29, 1.82) is 0 Å². The summed E-state index contributed by atoms with van der Waals surface area (Å²) >= 11 is 0. The van der Waals surface area contributed by atoms with Gasteiger partial charge < -0.3 is 14.9 Å². The Bertz CT molecular complexity index is 305. The van der Waals surface area contributed by atoms with E-state index in [9.17, 15) is 9.59 Å². The molecule has 84 valence electrons. The van der Waals surface area contributed by atoms with Crippen molar-refractivity contribution < 1.29 is 14.7 Å². The topological polar surface area (TPSA) is 60.9 Å². The molecule has 1 N–H and O–H groups in total. The molecule has 3 unspecified atom stereocenters. The van der Waals surface area contributed by atoms with Gasteiger partial charge in [-0.3, -0.25) is 4.79 Å². The lowest BCUT2D eigenvalue weighted by Gasteiger charge is -2.15. The molecular weight excluding hydrogens is 196 g/mol. The molecule has 5 nitrogen and oxygen atoms in total. The summed E-state index contributed by atoms with van der Waals surface area (Å²) in [6, 6.07) is 0.164. The van der Waals surface area contributed by atoms with Crippen LogP contribution in [0.2, 0.25) is 0 Å². The normalized spacial score (nSPS) is 34.8. The molecule has 15 heavy (non-hydrogen) atoms. The van der Waals surface area contributed by atoms with Crippen molar-refractivity contribution >= 4 is 12.0 Å². The van der Waals surface area contributed by atoms with E-state index in [-0.39, 0.29) is 24.0 Å². The average molecular weight is 212 g/mol. The fourth-order valence-corrected chi connectivity index (χ4v) is 2.26. The van der Waals surface area contributed by atoms with Crippen LogP contribution in [0.15, 0.2) is 0 Å². The molecule has 2 rings (SSSR count). The van der Waals surface area contributed by atoms with Gasteiger partial charge in [0, 0.05) is 19.6 Å². The Labute approximate surface area is 88.6 Å². The number of carboxylic acid groups (broad SMARTS) is 1. The molecule has 0 aromatic heterocycles. The van der Waals surface area contributed by atoms with Crippen LogP contribution in [0.4, 0.5) is 4.79 Å². The van der Waals surface area contributed by atoms with Crippen LogP contribution in [0.3, 0.4) is 0 Å². The third kappa shape index (κ3) is 1.56. The van der Waals surface area contributed by atoms with Gasteiger partial charge in [0.25, 0.3) is 0 Å². The lowest BCUT2D eigenvalue weighted by atomic mass is 10.2. The van der Waals surface area contributed by atoms with Gasteiger partial charge in [0.2, 0.25) is 0 Å². The number of urea groups is 1. The van der Waals surface area contributed by atoms with Gasteiger partial charge in [-0.1, -0.05) is 6.92 Å². The number of carbonyl (C=O) groups is 2. The molecule has 0 spiro atoms. The van der Waals surface area contributed by atoms with E-state index in [1.165, 1.54) is 0 Å². The smallest absolute Gasteiger partial charge is 0.320 e. The maximum absolute atomic E-state index is 11.8. The second-order valence-corrected chi connectivity index (χ2v) is 4.36. The first-order valence-corrected chi connectivity index (χ1v) is 5.32. The van der Waals surface area contributed by atoms with Gasteiger partial charge >= 0.3 is 12.0 Å². The van der Waals surface area contributed by atoms with Crippen molar-refractivity contribution in [3.63, 3.8) is 0 Å². The predicted molar refractivity (Wildman–Crippen MR) is 53.5 cm³/mol. The summed E-state index contributed by atoms with van der Waals surface area (Å²) in [5, 5.41) is 8.81. The lowest BCUT2D eigenvalue weighted by Crippen LogP contribution is -2.33. The second-order valence-electron chi connectivity index (χ2n) is 4.36. The standard InChI is InChI=1S/C10H16N2O3/c1-3-6-5-12(10(15)11(6)2)8-4-7(8)9(13)14/h6-8H,3-5H2,1-2H3,(H,13,14). The van der Waals surface area contributed by atoms with Crippen LogP contribution in [0.25, 0.3) is 0 Å². The molecule has 2 amide bonds. The Balaban J connectivity index is 2.01. The minimum atomic E-state index is -0.782. The number of rotatable bonds is 3. The van der Waals surface area contributed by atoms with Crippen LogP contribution in [0.5, 0.6) is 0 Å². The molecule has 1 saturated heterocycles. The fourth-order valence-electron chi connectivity index (χ4n) is 2.26. The van der Waals surface area contributed by atoms with Crippen LogP contribution < -0.4 is 0 Å². The first-order valence-electron chi connectivity index (χ1n) is 5.32. The van der Waals surface area contributed by atoms with Crippen molar-refractivity contribution in [3.05, 3.63) is 0 Å². The molecular formula is C10H16N2O3. The largest absolute Gasteiger partial charge is 0.481 e. The number of hydrogen-bond acceptors (Lipinski definition) is 2. The van der Waals surface area contributed by atoms with E-state index in [0.29, 0.717) is 13.0 Å². The molecule has 0 aromatic rings. The summed E-state index contributed by atoms with van der Waals surface area (Å²) in [5.41, 5.74) is 0. The number of aliphatic carboxylic acids is 1. The first kappa shape index (κ1) is 10.3. The quantitative estimate of drug-likeness (QED) is 0.745. The molecule has 3 atom stereocenters. The Morgan fingerprint density at radius 2 is 2.27 bits per heavy atom. The molecule has 0 aromatic carbocycles. The Morgan fingerprint density at radius 1 is 1.60 bits per heavy atom. The van der Waals surface area contributed by atoms with E-state index in [1.807, 2.05) is 6.92 Å². The van der Waals surface area contributed by atoms with E-state index in [1.54, 1.807) is 16.8 Å². The molecule has 0 radical (unpaired) electrons. The highest BCUT2D eigenvalue weighted by molar-refractivity contribution is 5.81. The fraction of sp³-hybridized carbons (Fsp3) is 0.800.